The third-order valence-electron chi connectivity index (χ3n) is 5.11. The molecule has 3 aromatic rings. The molecule has 1 aliphatic rings. The van der Waals surface area contributed by atoms with E-state index in [1.807, 2.05) is 66.7 Å². The standard InChI is InChI=1S/C24H23NO2S/c1-28(26,27)24(21-15-9-4-10-16-21)22-17-25(18-22)23(19-11-5-2-6-12-19)20-13-7-3-8-14-20/h2-16,23H,17-18H2,1H3. The predicted molar refractivity (Wildman–Crippen MR) is 115 cm³/mol. The zero-order valence-electron chi connectivity index (χ0n) is 15.8. The lowest BCUT2D eigenvalue weighted by atomic mass is 9.92. The number of sulfone groups is 1. The SMILES string of the molecule is CS(=O)(=O)C(=C1CN(C(c2ccccc2)c2ccccc2)C1)c1ccccc1. The molecule has 1 fully saturated rings. The Morgan fingerprint density at radius 1 is 0.750 bits per heavy atom. The molecule has 0 aromatic heterocycles. The fourth-order valence-corrected chi connectivity index (χ4v) is 5.14. The number of nitrogens with zero attached hydrogens (tertiary/aromatic N) is 1. The van der Waals surface area contributed by atoms with Crippen LogP contribution in [0.2, 0.25) is 0 Å². The van der Waals surface area contributed by atoms with Gasteiger partial charge in [0.15, 0.2) is 9.84 Å². The topological polar surface area (TPSA) is 37.4 Å². The summed E-state index contributed by atoms with van der Waals surface area (Å²) in [5, 5.41) is 0. The van der Waals surface area contributed by atoms with E-state index in [1.165, 1.54) is 17.4 Å². The van der Waals surface area contributed by atoms with Crippen molar-refractivity contribution in [1.82, 2.24) is 4.90 Å². The van der Waals surface area contributed by atoms with Gasteiger partial charge in [0.2, 0.25) is 0 Å². The van der Waals surface area contributed by atoms with Gasteiger partial charge in [0.25, 0.3) is 0 Å². The normalized spacial score (nSPS) is 14.7. The van der Waals surface area contributed by atoms with Crippen molar-refractivity contribution in [3.8, 4) is 0 Å². The molecule has 28 heavy (non-hydrogen) atoms. The summed E-state index contributed by atoms with van der Waals surface area (Å²) in [4.78, 5) is 2.80. The second-order valence-electron chi connectivity index (χ2n) is 7.20. The van der Waals surface area contributed by atoms with E-state index in [1.54, 1.807) is 0 Å². The first kappa shape index (κ1) is 18.7. The molecular formula is C24H23NO2S. The molecular weight excluding hydrogens is 366 g/mol. The van der Waals surface area contributed by atoms with E-state index >= 15 is 0 Å². The highest BCUT2D eigenvalue weighted by Gasteiger charge is 2.34. The minimum Gasteiger partial charge on any atom is -0.284 e. The van der Waals surface area contributed by atoms with Crippen LogP contribution in [0.1, 0.15) is 22.7 Å². The van der Waals surface area contributed by atoms with Crippen LogP contribution in [-0.2, 0) is 9.84 Å². The molecule has 0 unspecified atom stereocenters. The fourth-order valence-electron chi connectivity index (χ4n) is 3.92. The minimum absolute atomic E-state index is 0.114. The van der Waals surface area contributed by atoms with Crippen molar-refractivity contribution in [3.05, 3.63) is 113 Å². The summed E-state index contributed by atoms with van der Waals surface area (Å²) in [6.45, 7) is 1.29. The van der Waals surface area contributed by atoms with Crippen LogP contribution >= 0.6 is 0 Å². The Kier molecular flexibility index (Phi) is 5.16. The highest BCUT2D eigenvalue weighted by Crippen LogP contribution is 2.37. The zero-order valence-corrected chi connectivity index (χ0v) is 16.6. The number of rotatable bonds is 5. The molecule has 0 aliphatic carbocycles. The molecule has 4 rings (SSSR count). The Balaban J connectivity index is 1.70. The molecule has 0 atom stereocenters. The Hall–Kier alpha value is -2.69. The van der Waals surface area contributed by atoms with Gasteiger partial charge in [-0.05, 0) is 22.3 Å². The van der Waals surface area contributed by atoms with E-state index in [0.29, 0.717) is 18.0 Å². The smallest absolute Gasteiger partial charge is 0.176 e. The molecule has 4 heteroatoms. The van der Waals surface area contributed by atoms with Crippen molar-refractivity contribution < 1.29 is 8.42 Å². The van der Waals surface area contributed by atoms with E-state index in [-0.39, 0.29) is 6.04 Å². The molecule has 1 saturated heterocycles. The summed E-state index contributed by atoms with van der Waals surface area (Å²) in [7, 11) is -3.30. The average Bonchev–Trinajstić information content (AvgIpc) is 2.67. The van der Waals surface area contributed by atoms with Crippen molar-refractivity contribution >= 4 is 14.7 Å². The highest BCUT2D eigenvalue weighted by atomic mass is 32.2. The van der Waals surface area contributed by atoms with Crippen LogP contribution in [0.4, 0.5) is 0 Å². The maximum absolute atomic E-state index is 12.5. The van der Waals surface area contributed by atoms with E-state index in [2.05, 4.69) is 29.2 Å². The van der Waals surface area contributed by atoms with Gasteiger partial charge >= 0.3 is 0 Å². The lowest BCUT2D eigenvalue weighted by Gasteiger charge is -2.42. The Bertz CT molecular complexity index is 1030. The summed E-state index contributed by atoms with van der Waals surface area (Å²) in [6, 6.07) is 30.3. The van der Waals surface area contributed by atoms with E-state index < -0.39 is 9.84 Å². The lowest BCUT2D eigenvalue weighted by molar-refractivity contribution is 0.203. The average molecular weight is 390 g/mol. The van der Waals surface area contributed by atoms with Crippen LogP contribution in [0.25, 0.3) is 4.91 Å². The number of hydrogen-bond acceptors (Lipinski definition) is 3. The summed E-state index contributed by atoms with van der Waals surface area (Å²) < 4.78 is 25.0. The van der Waals surface area contributed by atoms with Gasteiger partial charge in [-0.1, -0.05) is 91.0 Å². The van der Waals surface area contributed by atoms with Crippen molar-refractivity contribution in [3.63, 3.8) is 0 Å². The number of hydrogen-bond donors (Lipinski definition) is 0. The first-order valence-electron chi connectivity index (χ1n) is 9.35. The van der Waals surface area contributed by atoms with Gasteiger partial charge in [0.1, 0.15) is 0 Å². The van der Waals surface area contributed by atoms with Crippen LogP contribution in [0.15, 0.2) is 96.6 Å². The Morgan fingerprint density at radius 3 is 1.61 bits per heavy atom. The molecule has 0 amide bonds. The minimum atomic E-state index is -3.30. The van der Waals surface area contributed by atoms with Gasteiger partial charge in [-0.3, -0.25) is 4.90 Å². The fraction of sp³-hybridized carbons (Fsp3) is 0.167. The Labute approximate surface area is 166 Å². The molecule has 0 N–H and O–H groups in total. The molecule has 142 valence electrons. The van der Waals surface area contributed by atoms with Crippen molar-refractivity contribution in [2.45, 2.75) is 6.04 Å². The second kappa shape index (κ2) is 7.74. The number of benzene rings is 3. The second-order valence-corrected chi connectivity index (χ2v) is 9.15. The molecule has 0 bridgehead atoms. The molecule has 1 heterocycles. The van der Waals surface area contributed by atoms with Gasteiger partial charge in [0, 0.05) is 19.3 Å². The quantitative estimate of drug-likeness (QED) is 0.643. The van der Waals surface area contributed by atoms with E-state index in [4.69, 9.17) is 0 Å². The van der Waals surface area contributed by atoms with Crippen LogP contribution in [-0.4, -0.2) is 32.7 Å². The largest absolute Gasteiger partial charge is 0.284 e. The number of likely N-dealkylation sites (tertiary alicyclic amines) is 1. The summed E-state index contributed by atoms with van der Waals surface area (Å²) in [5.41, 5.74) is 4.18. The lowest BCUT2D eigenvalue weighted by Crippen LogP contribution is -2.44. The van der Waals surface area contributed by atoms with Gasteiger partial charge in [-0.2, -0.15) is 0 Å². The molecule has 3 aromatic carbocycles. The van der Waals surface area contributed by atoms with Crippen LogP contribution in [0, 0.1) is 0 Å². The van der Waals surface area contributed by atoms with Crippen molar-refractivity contribution in [2.75, 3.05) is 19.3 Å². The Morgan fingerprint density at radius 2 is 1.18 bits per heavy atom. The van der Waals surface area contributed by atoms with Crippen LogP contribution in [0.5, 0.6) is 0 Å². The highest BCUT2D eigenvalue weighted by molar-refractivity contribution is 8.00. The van der Waals surface area contributed by atoms with E-state index in [9.17, 15) is 8.42 Å². The summed E-state index contributed by atoms with van der Waals surface area (Å²) >= 11 is 0. The molecule has 0 spiro atoms. The maximum Gasteiger partial charge on any atom is 0.176 e. The third kappa shape index (κ3) is 3.79. The van der Waals surface area contributed by atoms with Gasteiger partial charge in [0.05, 0.1) is 10.9 Å². The first-order chi connectivity index (χ1) is 13.5. The van der Waals surface area contributed by atoms with Crippen molar-refractivity contribution in [2.24, 2.45) is 0 Å². The molecule has 3 nitrogen and oxygen atoms in total. The maximum atomic E-state index is 12.5. The van der Waals surface area contributed by atoms with Gasteiger partial charge in [-0.15, -0.1) is 0 Å². The molecule has 0 radical (unpaired) electrons. The van der Waals surface area contributed by atoms with Crippen LogP contribution < -0.4 is 0 Å². The summed E-state index contributed by atoms with van der Waals surface area (Å²) in [6.07, 6.45) is 1.30. The van der Waals surface area contributed by atoms with Crippen LogP contribution in [0.3, 0.4) is 0 Å². The monoisotopic (exact) mass is 389 g/mol. The molecule has 0 saturated carbocycles. The zero-order chi connectivity index (χ0) is 19.6. The van der Waals surface area contributed by atoms with Crippen molar-refractivity contribution in [1.29, 1.82) is 0 Å². The molecule has 1 aliphatic heterocycles. The first-order valence-corrected chi connectivity index (χ1v) is 11.2. The van der Waals surface area contributed by atoms with Gasteiger partial charge in [-0.25, -0.2) is 8.42 Å². The van der Waals surface area contributed by atoms with Gasteiger partial charge < -0.3 is 0 Å². The van der Waals surface area contributed by atoms with E-state index in [0.717, 1.165) is 11.1 Å². The third-order valence-corrected chi connectivity index (χ3v) is 6.38. The predicted octanol–water partition coefficient (Wildman–Crippen LogP) is 4.55. The summed E-state index contributed by atoms with van der Waals surface area (Å²) in [5.74, 6) is 0.